The molecular formula is C19H23ClN4O2. The Hall–Kier alpha value is -2.18. The fraction of sp³-hybridized carbons (Fsp3) is 0.421. The maximum Gasteiger partial charge on any atom is 0.317 e. The number of urea groups is 1. The van der Waals surface area contributed by atoms with Crippen LogP contribution in [0.3, 0.4) is 0 Å². The Morgan fingerprint density at radius 1 is 1.35 bits per heavy atom. The molecule has 1 aliphatic heterocycles. The number of hydrogen-bond acceptors (Lipinski definition) is 4. The molecule has 0 bridgehead atoms. The average molecular weight is 375 g/mol. The summed E-state index contributed by atoms with van der Waals surface area (Å²) in [5.74, 6) is 0. The first kappa shape index (κ1) is 18.6. The molecule has 1 aliphatic rings. The van der Waals surface area contributed by atoms with E-state index in [-0.39, 0.29) is 18.2 Å². The second kappa shape index (κ2) is 8.01. The Morgan fingerprint density at radius 2 is 2.12 bits per heavy atom. The molecule has 1 aromatic carbocycles. The molecule has 0 aliphatic carbocycles. The monoisotopic (exact) mass is 374 g/mol. The summed E-state index contributed by atoms with van der Waals surface area (Å²) >= 11 is 5.93. The molecule has 138 valence electrons. The van der Waals surface area contributed by atoms with Gasteiger partial charge in [-0.15, -0.1) is 0 Å². The van der Waals surface area contributed by atoms with Gasteiger partial charge in [-0.3, -0.25) is 0 Å². The van der Waals surface area contributed by atoms with Crippen molar-refractivity contribution in [2.24, 2.45) is 0 Å². The number of amides is 2. The zero-order valence-corrected chi connectivity index (χ0v) is 16.0. The number of carbonyl (C=O) groups is 1. The van der Waals surface area contributed by atoms with Crippen LogP contribution in [0.15, 0.2) is 30.6 Å². The third-order valence-corrected chi connectivity index (χ3v) is 4.51. The lowest BCUT2D eigenvalue weighted by molar-refractivity contribution is -0.0641. The van der Waals surface area contributed by atoms with Crippen LogP contribution in [0.2, 0.25) is 5.15 Å². The maximum atomic E-state index is 12.2. The SMILES string of the molecule is Cc1cc(-c2cc(Cl)ncn2)ccc1CNC(=O)N1CC(OC(C)C)C1. The summed E-state index contributed by atoms with van der Waals surface area (Å²) in [6.07, 6.45) is 1.79. The third-order valence-electron chi connectivity index (χ3n) is 4.30. The molecule has 1 N–H and O–H groups in total. The van der Waals surface area contributed by atoms with Gasteiger partial charge in [-0.1, -0.05) is 23.7 Å². The van der Waals surface area contributed by atoms with E-state index in [1.807, 2.05) is 39.0 Å². The molecule has 0 atom stereocenters. The third kappa shape index (κ3) is 4.51. The highest BCUT2D eigenvalue weighted by Crippen LogP contribution is 2.22. The number of halogens is 1. The average Bonchev–Trinajstić information content (AvgIpc) is 2.56. The molecule has 1 fully saturated rings. The van der Waals surface area contributed by atoms with Crippen molar-refractivity contribution < 1.29 is 9.53 Å². The number of carbonyl (C=O) groups excluding carboxylic acids is 1. The van der Waals surface area contributed by atoms with Crippen molar-refractivity contribution in [3.05, 3.63) is 46.9 Å². The lowest BCUT2D eigenvalue weighted by atomic mass is 10.0. The molecule has 2 heterocycles. The van der Waals surface area contributed by atoms with Crippen LogP contribution in [-0.4, -0.2) is 46.2 Å². The fourth-order valence-corrected chi connectivity index (χ4v) is 3.05. The first-order valence-corrected chi connectivity index (χ1v) is 9.06. The Morgan fingerprint density at radius 3 is 2.77 bits per heavy atom. The van der Waals surface area contributed by atoms with Crippen molar-refractivity contribution in [2.45, 2.75) is 39.5 Å². The van der Waals surface area contributed by atoms with Gasteiger partial charge in [0.15, 0.2) is 0 Å². The highest BCUT2D eigenvalue weighted by Gasteiger charge is 2.31. The normalized spacial score (nSPS) is 14.4. The summed E-state index contributed by atoms with van der Waals surface area (Å²) < 4.78 is 5.67. The van der Waals surface area contributed by atoms with Gasteiger partial charge in [0.25, 0.3) is 0 Å². The standard InChI is InChI=1S/C19H23ClN4O2/c1-12(2)26-16-9-24(10-16)19(25)21-8-15-5-4-14(6-13(15)3)17-7-18(20)23-11-22-17/h4-7,11-12,16H,8-10H2,1-3H3,(H,21,25). The molecule has 7 heteroatoms. The van der Waals surface area contributed by atoms with Gasteiger partial charge in [0.1, 0.15) is 11.5 Å². The van der Waals surface area contributed by atoms with E-state index < -0.39 is 0 Å². The second-order valence-corrected chi connectivity index (χ2v) is 7.13. The topological polar surface area (TPSA) is 67.4 Å². The summed E-state index contributed by atoms with van der Waals surface area (Å²) in [4.78, 5) is 22.1. The van der Waals surface area contributed by atoms with Crippen LogP contribution in [0.25, 0.3) is 11.3 Å². The Kier molecular flexibility index (Phi) is 5.74. The molecule has 6 nitrogen and oxygen atoms in total. The van der Waals surface area contributed by atoms with Gasteiger partial charge in [0.05, 0.1) is 31.0 Å². The largest absolute Gasteiger partial charge is 0.372 e. The van der Waals surface area contributed by atoms with Crippen molar-refractivity contribution in [1.29, 1.82) is 0 Å². The van der Waals surface area contributed by atoms with Crippen LogP contribution in [0, 0.1) is 6.92 Å². The molecule has 2 amide bonds. The van der Waals surface area contributed by atoms with Gasteiger partial charge in [-0.05, 0) is 38.0 Å². The Bertz CT molecular complexity index is 791. The molecule has 1 saturated heterocycles. The summed E-state index contributed by atoms with van der Waals surface area (Å²) in [5, 5.41) is 3.38. The highest BCUT2D eigenvalue weighted by atomic mass is 35.5. The number of benzene rings is 1. The number of likely N-dealkylation sites (tertiary alicyclic amines) is 1. The quantitative estimate of drug-likeness (QED) is 0.814. The van der Waals surface area contributed by atoms with Crippen LogP contribution in [0.4, 0.5) is 4.79 Å². The van der Waals surface area contributed by atoms with Gasteiger partial charge in [0.2, 0.25) is 0 Å². The van der Waals surface area contributed by atoms with Gasteiger partial charge in [-0.25, -0.2) is 14.8 Å². The maximum absolute atomic E-state index is 12.2. The smallest absolute Gasteiger partial charge is 0.317 e. The molecule has 0 radical (unpaired) electrons. The number of nitrogens with zero attached hydrogens (tertiary/aromatic N) is 3. The minimum Gasteiger partial charge on any atom is -0.372 e. The Balaban J connectivity index is 1.55. The van der Waals surface area contributed by atoms with Gasteiger partial charge in [0, 0.05) is 18.2 Å². The molecule has 0 saturated carbocycles. The minimum atomic E-state index is -0.0559. The van der Waals surface area contributed by atoms with E-state index >= 15 is 0 Å². The molecule has 3 rings (SSSR count). The molecule has 0 spiro atoms. The first-order valence-electron chi connectivity index (χ1n) is 8.68. The van der Waals surface area contributed by atoms with Gasteiger partial charge >= 0.3 is 6.03 Å². The lowest BCUT2D eigenvalue weighted by Gasteiger charge is -2.39. The molecular weight excluding hydrogens is 352 g/mol. The van der Waals surface area contributed by atoms with Crippen molar-refractivity contribution in [3.63, 3.8) is 0 Å². The Labute approximate surface area is 158 Å². The summed E-state index contributed by atoms with van der Waals surface area (Å²) in [6, 6.07) is 7.69. The lowest BCUT2D eigenvalue weighted by Crippen LogP contribution is -2.58. The number of aromatic nitrogens is 2. The highest BCUT2D eigenvalue weighted by molar-refractivity contribution is 6.29. The van der Waals surface area contributed by atoms with E-state index in [0.717, 1.165) is 22.4 Å². The number of rotatable bonds is 5. The zero-order valence-electron chi connectivity index (χ0n) is 15.2. The summed E-state index contributed by atoms with van der Waals surface area (Å²) in [6.45, 7) is 7.81. The van der Waals surface area contributed by atoms with Crippen molar-refractivity contribution >= 4 is 17.6 Å². The number of aryl methyl sites for hydroxylation is 1. The van der Waals surface area contributed by atoms with Crippen LogP contribution < -0.4 is 5.32 Å². The van der Waals surface area contributed by atoms with E-state index in [4.69, 9.17) is 16.3 Å². The second-order valence-electron chi connectivity index (χ2n) is 6.74. The summed E-state index contributed by atoms with van der Waals surface area (Å²) in [7, 11) is 0. The van der Waals surface area contributed by atoms with Crippen molar-refractivity contribution in [2.75, 3.05) is 13.1 Å². The number of ether oxygens (including phenoxy) is 1. The van der Waals surface area contributed by atoms with E-state index in [9.17, 15) is 4.79 Å². The van der Waals surface area contributed by atoms with Crippen LogP contribution in [0.1, 0.15) is 25.0 Å². The molecule has 0 unspecified atom stereocenters. The molecule has 1 aromatic heterocycles. The van der Waals surface area contributed by atoms with Crippen molar-refractivity contribution in [1.82, 2.24) is 20.2 Å². The summed E-state index contributed by atoms with van der Waals surface area (Å²) in [5.41, 5.74) is 3.90. The van der Waals surface area contributed by atoms with E-state index in [0.29, 0.717) is 24.8 Å². The van der Waals surface area contributed by atoms with Crippen LogP contribution in [-0.2, 0) is 11.3 Å². The number of nitrogens with one attached hydrogen (secondary N) is 1. The minimum absolute atomic E-state index is 0.0559. The van der Waals surface area contributed by atoms with Crippen LogP contribution >= 0.6 is 11.6 Å². The molecule has 2 aromatic rings. The van der Waals surface area contributed by atoms with Crippen LogP contribution in [0.5, 0.6) is 0 Å². The van der Waals surface area contributed by atoms with E-state index in [2.05, 4.69) is 15.3 Å². The first-order chi connectivity index (χ1) is 12.4. The van der Waals surface area contributed by atoms with Crippen molar-refractivity contribution in [3.8, 4) is 11.3 Å². The number of hydrogen-bond donors (Lipinski definition) is 1. The predicted octanol–water partition coefficient (Wildman–Crippen LogP) is 3.42. The van der Waals surface area contributed by atoms with Gasteiger partial charge < -0.3 is 15.0 Å². The zero-order chi connectivity index (χ0) is 18.7. The van der Waals surface area contributed by atoms with E-state index in [1.165, 1.54) is 6.33 Å². The van der Waals surface area contributed by atoms with E-state index in [1.54, 1.807) is 11.0 Å². The van der Waals surface area contributed by atoms with Gasteiger partial charge in [-0.2, -0.15) is 0 Å². The molecule has 26 heavy (non-hydrogen) atoms. The predicted molar refractivity (Wildman–Crippen MR) is 101 cm³/mol. The fourth-order valence-electron chi connectivity index (χ4n) is 2.90.